The molecular weight excluding hydrogens is 338 g/mol. The number of alkyl halides is 3. The van der Waals surface area contributed by atoms with Crippen molar-refractivity contribution in [1.29, 1.82) is 0 Å². The van der Waals surface area contributed by atoms with Gasteiger partial charge in [-0.25, -0.2) is 4.39 Å². The number of ether oxygens (including phenoxy) is 1. The molecular formula is C18H17F4NO2. The molecule has 0 heterocycles. The lowest BCUT2D eigenvalue weighted by atomic mass is 10.2. The van der Waals surface area contributed by atoms with Gasteiger partial charge in [-0.05, 0) is 30.2 Å². The molecule has 0 aromatic heterocycles. The Kier molecular flexibility index (Phi) is 3.56. The minimum absolute atomic E-state index is 0.138. The van der Waals surface area contributed by atoms with E-state index in [0.29, 0.717) is 12.1 Å². The lowest BCUT2D eigenvalue weighted by molar-refractivity contribution is -0.140. The highest BCUT2D eigenvalue weighted by atomic mass is 19.4. The summed E-state index contributed by atoms with van der Waals surface area (Å²) in [7, 11) is 0. The Balaban J connectivity index is 2.33. The summed E-state index contributed by atoms with van der Waals surface area (Å²) in [5.41, 5.74) is -2.44. The summed E-state index contributed by atoms with van der Waals surface area (Å²) < 4.78 is 112. The maximum atomic E-state index is 13.4. The van der Waals surface area contributed by atoms with E-state index in [-0.39, 0.29) is 6.42 Å². The van der Waals surface area contributed by atoms with Gasteiger partial charge in [0.05, 0.1) is 15.2 Å². The SMILES string of the molecule is [2H]c1c([2H])c([2H])c(C([2H])([2H])NC(=O)C(CC)Oc2ccc(F)c(C(F)(F)F)c2)c([2H])c1[2H]. The number of carbonyl (C=O) groups excluding carboxylic acids is 1. The van der Waals surface area contributed by atoms with E-state index in [1.807, 2.05) is 5.32 Å². The summed E-state index contributed by atoms with van der Waals surface area (Å²) in [5, 5.41) is 1.86. The second-order valence-corrected chi connectivity index (χ2v) is 4.77. The van der Waals surface area contributed by atoms with Gasteiger partial charge in [-0.3, -0.25) is 4.79 Å². The van der Waals surface area contributed by atoms with Crippen LogP contribution in [0, 0.1) is 5.82 Å². The van der Waals surface area contributed by atoms with Gasteiger partial charge in [-0.15, -0.1) is 0 Å². The molecule has 7 heteroatoms. The topological polar surface area (TPSA) is 38.3 Å². The van der Waals surface area contributed by atoms with Crippen LogP contribution in [-0.4, -0.2) is 12.0 Å². The maximum absolute atomic E-state index is 13.4. The van der Waals surface area contributed by atoms with Crippen LogP contribution in [0.5, 0.6) is 5.75 Å². The molecule has 0 bridgehead atoms. The molecule has 2 aromatic rings. The molecule has 1 N–H and O–H groups in total. The number of hydrogen-bond acceptors (Lipinski definition) is 2. The van der Waals surface area contributed by atoms with Crippen LogP contribution in [-0.2, 0) is 17.5 Å². The zero-order chi connectivity index (χ0) is 24.6. The highest BCUT2D eigenvalue weighted by Gasteiger charge is 2.34. The van der Waals surface area contributed by atoms with Crippen LogP contribution < -0.4 is 10.1 Å². The van der Waals surface area contributed by atoms with Gasteiger partial charge in [0, 0.05) is 6.50 Å². The van der Waals surface area contributed by atoms with Crippen molar-refractivity contribution in [3.8, 4) is 5.75 Å². The summed E-state index contributed by atoms with van der Waals surface area (Å²) in [6, 6.07) is -2.39. The third-order valence-corrected chi connectivity index (χ3v) is 3.00. The van der Waals surface area contributed by atoms with Crippen molar-refractivity contribution < 1.29 is 36.7 Å². The van der Waals surface area contributed by atoms with Crippen molar-refractivity contribution in [3.63, 3.8) is 0 Å². The second kappa shape index (κ2) is 8.00. The summed E-state index contributed by atoms with van der Waals surface area (Å²) in [6.45, 7) is -1.53. The molecule has 1 atom stereocenters. The average Bonchev–Trinajstić information content (AvgIpc) is 2.68. The number of amides is 1. The Morgan fingerprint density at radius 2 is 2.00 bits per heavy atom. The Labute approximate surface area is 152 Å². The lowest BCUT2D eigenvalue weighted by Crippen LogP contribution is -2.37. The number of halogens is 4. The van der Waals surface area contributed by atoms with Gasteiger partial charge in [-0.2, -0.15) is 13.2 Å². The van der Waals surface area contributed by atoms with Crippen molar-refractivity contribution >= 4 is 5.91 Å². The first kappa shape index (κ1) is 11.1. The Bertz CT molecular complexity index is 1020. The fourth-order valence-corrected chi connectivity index (χ4v) is 1.80. The fraction of sp³-hybridized carbons (Fsp3) is 0.278. The minimum atomic E-state index is -5.01. The van der Waals surface area contributed by atoms with Gasteiger partial charge >= 0.3 is 6.18 Å². The molecule has 2 rings (SSSR count). The standard InChI is InChI=1S/C18H17F4NO2/c1-2-16(17(24)23-11-12-6-4-3-5-7-12)25-13-8-9-15(19)14(10-13)18(20,21)22/h3-10,16H,2,11H2,1H3,(H,23,24)/i3D,4D,5D,6D,7D,11D2. The van der Waals surface area contributed by atoms with Crippen LogP contribution in [0.2, 0.25) is 0 Å². The molecule has 0 saturated heterocycles. The maximum Gasteiger partial charge on any atom is 0.419 e. The smallest absolute Gasteiger partial charge is 0.419 e. The lowest BCUT2D eigenvalue weighted by Gasteiger charge is -2.18. The zero-order valence-corrected chi connectivity index (χ0v) is 12.8. The second-order valence-electron chi connectivity index (χ2n) is 4.77. The van der Waals surface area contributed by atoms with E-state index in [1.54, 1.807) is 0 Å². The van der Waals surface area contributed by atoms with Crippen LogP contribution in [0.15, 0.2) is 48.4 Å². The van der Waals surface area contributed by atoms with Gasteiger partial charge in [-0.1, -0.05) is 37.1 Å². The van der Waals surface area contributed by atoms with E-state index in [1.165, 1.54) is 6.92 Å². The highest BCUT2D eigenvalue weighted by molar-refractivity contribution is 5.81. The van der Waals surface area contributed by atoms with E-state index in [2.05, 4.69) is 0 Å². The first-order valence-electron chi connectivity index (χ1n) is 10.5. The van der Waals surface area contributed by atoms with Crippen LogP contribution in [0.4, 0.5) is 17.6 Å². The zero-order valence-electron chi connectivity index (χ0n) is 19.8. The molecule has 0 fully saturated rings. The van der Waals surface area contributed by atoms with Crippen molar-refractivity contribution in [1.82, 2.24) is 5.32 Å². The van der Waals surface area contributed by atoms with Gasteiger partial charge < -0.3 is 10.1 Å². The van der Waals surface area contributed by atoms with Gasteiger partial charge in [0.2, 0.25) is 0 Å². The van der Waals surface area contributed by atoms with Gasteiger partial charge in [0.1, 0.15) is 11.6 Å². The van der Waals surface area contributed by atoms with Gasteiger partial charge in [0.15, 0.2) is 6.10 Å². The van der Waals surface area contributed by atoms with Crippen LogP contribution >= 0.6 is 0 Å². The Morgan fingerprint density at radius 1 is 1.32 bits per heavy atom. The molecule has 0 aliphatic heterocycles. The summed E-state index contributed by atoms with van der Waals surface area (Å²) in [4.78, 5) is 12.6. The molecule has 134 valence electrons. The van der Waals surface area contributed by atoms with Crippen molar-refractivity contribution in [2.24, 2.45) is 0 Å². The molecule has 0 aliphatic carbocycles. The molecule has 0 saturated carbocycles. The molecule has 0 aliphatic rings. The first-order chi connectivity index (χ1) is 14.6. The Hall–Kier alpha value is -2.57. The van der Waals surface area contributed by atoms with Crippen LogP contribution in [0.3, 0.4) is 0 Å². The summed E-state index contributed by atoms with van der Waals surface area (Å²) in [5.74, 6) is -3.20. The number of nitrogens with one attached hydrogen (secondary N) is 1. The molecule has 1 amide bonds. The largest absolute Gasteiger partial charge is 0.481 e. The molecule has 0 spiro atoms. The number of benzene rings is 2. The minimum Gasteiger partial charge on any atom is -0.481 e. The predicted octanol–water partition coefficient (Wildman–Crippen LogP) is 4.32. The van der Waals surface area contributed by atoms with E-state index in [9.17, 15) is 22.4 Å². The molecule has 0 radical (unpaired) electrons. The fourth-order valence-electron chi connectivity index (χ4n) is 1.80. The average molecular weight is 362 g/mol. The Morgan fingerprint density at radius 3 is 2.60 bits per heavy atom. The van der Waals surface area contributed by atoms with E-state index in [4.69, 9.17) is 14.3 Å². The molecule has 2 aromatic carbocycles. The van der Waals surface area contributed by atoms with Crippen LogP contribution in [0.1, 0.15) is 34.1 Å². The number of carbonyl (C=O) groups is 1. The normalized spacial score (nSPS) is 17.1. The van der Waals surface area contributed by atoms with E-state index in [0.717, 1.165) is 6.07 Å². The van der Waals surface area contributed by atoms with Gasteiger partial charge in [0.25, 0.3) is 5.91 Å². The summed E-state index contributed by atoms with van der Waals surface area (Å²) >= 11 is 0. The quantitative estimate of drug-likeness (QED) is 0.778. The molecule has 25 heavy (non-hydrogen) atoms. The van der Waals surface area contributed by atoms with E-state index >= 15 is 0 Å². The number of rotatable bonds is 6. The third-order valence-electron chi connectivity index (χ3n) is 3.00. The van der Waals surface area contributed by atoms with E-state index < -0.39 is 77.6 Å². The highest BCUT2D eigenvalue weighted by Crippen LogP contribution is 2.33. The van der Waals surface area contributed by atoms with Crippen molar-refractivity contribution in [2.75, 3.05) is 0 Å². The molecule has 1 unspecified atom stereocenters. The molecule has 3 nitrogen and oxygen atoms in total. The monoisotopic (exact) mass is 362 g/mol. The number of hydrogen-bond donors (Lipinski definition) is 1. The van der Waals surface area contributed by atoms with Crippen molar-refractivity contribution in [3.05, 3.63) is 65.4 Å². The third kappa shape index (κ3) is 5.20. The van der Waals surface area contributed by atoms with Crippen LogP contribution in [0.25, 0.3) is 0 Å². The first-order valence-corrected chi connectivity index (χ1v) is 7.04. The summed E-state index contributed by atoms with van der Waals surface area (Å²) in [6.07, 6.45) is -6.67. The van der Waals surface area contributed by atoms with Crippen molar-refractivity contribution in [2.45, 2.75) is 32.1 Å². The predicted molar refractivity (Wildman–Crippen MR) is 84.4 cm³/mol.